The van der Waals surface area contributed by atoms with Crippen molar-refractivity contribution in [2.45, 2.75) is 11.1 Å². The Morgan fingerprint density at radius 3 is 2.34 bits per heavy atom. The molecule has 29 heavy (non-hydrogen) atoms. The first kappa shape index (κ1) is 22.7. The van der Waals surface area contributed by atoms with Crippen LogP contribution in [0.1, 0.15) is 10.4 Å². The van der Waals surface area contributed by atoms with E-state index in [1.807, 2.05) is 0 Å². The Bertz CT molecular complexity index is 1010. The first-order valence-electron chi connectivity index (χ1n) is 7.98. The summed E-state index contributed by atoms with van der Waals surface area (Å²) in [5.41, 5.74) is -0.426. The maximum absolute atomic E-state index is 13.0. The van der Waals surface area contributed by atoms with Crippen molar-refractivity contribution in [2.24, 2.45) is 0 Å². The van der Waals surface area contributed by atoms with E-state index in [4.69, 9.17) is 11.6 Å². The van der Waals surface area contributed by atoms with Gasteiger partial charge < -0.3 is 4.90 Å². The molecule has 156 valence electrons. The van der Waals surface area contributed by atoms with Gasteiger partial charge in [0, 0.05) is 12.1 Å². The minimum Gasteiger partial charge on any atom is -0.326 e. The highest BCUT2D eigenvalue weighted by atomic mass is 35.5. The summed E-state index contributed by atoms with van der Waals surface area (Å²) >= 11 is 5.96. The molecule has 11 heteroatoms. The lowest BCUT2D eigenvalue weighted by Gasteiger charge is -2.23. The van der Waals surface area contributed by atoms with Gasteiger partial charge in [0.05, 0.1) is 15.6 Å². The first-order valence-corrected chi connectivity index (χ1v) is 9.84. The van der Waals surface area contributed by atoms with Gasteiger partial charge in [0.1, 0.15) is 12.4 Å². The SMILES string of the molecule is C=CCN(CC(F)(F)F)C(=O)c1ccc(Cl)c(NS(=O)(=O)c2ccc(F)cc2)c1. The third kappa shape index (κ3) is 6.20. The van der Waals surface area contributed by atoms with Gasteiger partial charge in [-0.15, -0.1) is 6.58 Å². The summed E-state index contributed by atoms with van der Waals surface area (Å²) < 4.78 is 78.1. The van der Waals surface area contributed by atoms with E-state index in [-0.39, 0.29) is 27.7 Å². The normalized spacial score (nSPS) is 11.8. The lowest BCUT2D eigenvalue weighted by atomic mass is 10.1. The summed E-state index contributed by atoms with van der Waals surface area (Å²) in [5.74, 6) is -1.62. The molecule has 0 atom stereocenters. The van der Waals surface area contributed by atoms with E-state index in [0.29, 0.717) is 4.90 Å². The van der Waals surface area contributed by atoms with Gasteiger partial charge in [-0.25, -0.2) is 12.8 Å². The first-order chi connectivity index (χ1) is 13.4. The molecule has 0 aliphatic heterocycles. The molecular formula is C18H15ClF4N2O3S. The fourth-order valence-electron chi connectivity index (χ4n) is 2.33. The molecule has 0 saturated carbocycles. The predicted molar refractivity (Wildman–Crippen MR) is 101 cm³/mol. The van der Waals surface area contributed by atoms with Crippen LogP contribution in [-0.4, -0.2) is 38.5 Å². The van der Waals surface area contributed by atoms with Crippen LogP contribution < -0.4 is 4.72 Å². The van der Waals surface area contributed by atoms with Gasteiger partial charge in [-0.05, 0) is 42.5 Å². The Balaban J connectivity index is 2.34. The summed E-state index contributed by atoms with van der Waals surface area (Å²) in [6.45, 7) is 1.46. The van der Waals surface area contributed by atoms with E-state index in [9.17, 15) is 30.8 Å². The maximum atomic E-state index is 13.0. The topological polar surface area (TPSA) is 66.5 Å². The van der Waals surface area contributed by atoms with Crippen molar-refractivity contribution < 1.29 is 30.8 Å². The van der Waals surface area contributed by atoms with Crippen molar-refractivity contribution in [1.29, 1.82) is 0 Å². The molecule has 2 aromatic carbocycles. The van der Waals surface area contributed by atoms with Crippen LogP contribution in [0.3, 0.4) is 0 Å². The highest BCUT2D eigenvalue weighted by Crippen LogP contribution is 2.27. The molecule has 0 saturated heterocycles. The number of carbonyl (C=O) groups is 1. The number of carbonyl (C=O) groups excluding carboxylic acids is 1. The second kappa shape index (κ2) is 8.83. The minimum atomic E-state index is -4.63. The van der Waals surface area contributed by atoms with Crippen LogP contribution >= 0.6 is 11.6 Å². The fraction of sp³-hybridized carbons (Fsp3) is 0.167. The maximum Gasteiger partial charge on any atom is 0.406 e. The van der Waals surface area contributed by atoms with E-state index in [2.05, 4.69) is 11.3 Å². The van der Waals surface area contributed by atoms with Gasteiger partial charge in [-0.2, -0.15) is 13.2 Å². The molecule has 1 N–H and O–H groups in total. The molecule has 0 fully saturated rings. The van der Waals surface area contributed by atoms with Gasteiger partial charge in [-0.1, -0.05) is 17.7 Å². The number of amides is 1. The van der Waals surface area contributed by atoms with Crippen molar-refractivity contribution in [2.75, 3.05) is 17.8 Å². The van der Waals surface area contributed by atoms with Crippen molar-refractivity contribution in [1.82, 2.24) is 4.90 Å². The second-order valence-electron chi connectivity index (χ2n) is 5.84. The Kier molecular flexibility index (Phi) is 6.91. The van der Waals surface area contributed by atoms with Crippen molar-refractivity contribution in [3.63, 3.8) is 0 Å². The molecule has 0 spiro atoms. The molecular weight excluding hydrogens is 436 g/mol. The van der Waals surface area contributed by atoms with Crippen LogP contribution in [0.5, 0.6) is 0 Å². The van der Waals surface area contributed by atoms with Crippen LogP contribution in [0, 0.1) is 5.82 Å². The average molecular weight is 451 g/mol. The van der Waals surface area contributed by atoms with Crippen LogP contribution in [-0.2, 0) is 10.0 Å². The zero-order valence-electron chi connectivity index (χ0n) is 14.7. The Morgan fingerprint density at radius 2 is 1.79 bits per heavy atom. The highest BCUT2D eigenvalue weighted by Gasteiger charge is 2.33. The van der Waals surface area contributed by atoms with Gasteiger partial charge in [-0.3, -0.25) is 9.52 Å². The number of alkyl halides is 3. The number of anilines is 1. The number of hydrogen-bond donors (Lipinski definition) is 1. The van der Waals surface area contributed by atoms with Gasteiger partial charge >= 0.3 is 6.18 Å². The number of sulfonamides is 1. The van der Waals surface area contributed by atoms with E-state index < -0.39 is 34.5 Å². The Morgan fingerprint density at radius 1 is 1.17 bits per heavy atom. The smallest absolute Gasteiger partial charge is 0.326 e. The Hall–Kier alpha value is -2.59. The minimum absolute atomic E-state index is 0.0849. The molecule has 0 radical (unpaired) electrons. The van der Waals surface area contributed by atoms with Crippen LogP contribution in [0.2, 0.25) is 5.02 Å². The number of nitrogens with zero attached hydrogens (tertiary/aromatic N) is 1. The highest BCUT2D eigenvalue weighted by molar-refractivity contribution is 7.92. The number of nitrogens with one attached hydrogen (secondary N) is 1. The van der Waals surface area contributed by atoms with E-state index >= 15 is 0 Å². The van der Waals surface area contributed by atoms with Gasteiger partial charge in [0.15, 0.2) is 0 Å². The summed E-state index contributed by atoms with van der Waals surface area (Å²) in [6.07, 6.45) is -3.49. The standard InChI is InChI=1S/C18H15ClF4N2O3S/c1-2-9-25(11-18(21,22)23)17(26)12-3-8-15(19)16(10-12)24-29(27,28)14-6-4-13(20)5-7-14/h2-8,10,24H,1,9,11H2. The molecule has 0 aromatic heterocycles. The largest absolute Gasteiger partial charge is 0.406 e. The fourth-order valence-corrected chi connectivity index (χ4v) is 3.62. The van der Waals surface area contributed by atoms with E-state index in [1.54, 1.807) is 0 Å². The number of rotatable bonds is 7. The summed E-state index contributed by atoms with van der Waals surface area (Å²) in [7, 11) is -4.18. The molecule has 2 rings (SSSR count). The zero-order chi connectivity index (χ0) is 21.8. The molecule has 0 heterocycles. The summed E-state index contributed by atoms with van der Waals surface area (Å²) in [5, 5.41) is -0.0849. The summed E-state index contributed by atoms with van der Waals surface area (Å²) in [4.78, 5) is 12.7. The Labute approximate surface area is 169 Å². The number of benzene rings is 2. The lowest BCUT2D eigenvalue weighted by Crippen LogP contribution is -2.39. The van der Waals surface area contributed by atoms with Gasteiger partial charge in [0.2, 0.25) is 0 Å². The van der Waals surface area contributed by atoms with Crippen LogP contribution in [0.15, 0.2) is 60.0 Å². The number of halogens is 5. The number of hydrogen-bond acceptors (Lipinski definition) is 3. The monoisotopic (exact) mass is 450 g/mol. The van der Waals surface area contributed by atoms with E-state index in [1.165, 1.54) is 12.1 Å². The molecule has 0 bridgehead atoms. The van der Waals surface area contributed by atoms with E-state index in [0.717, 1.165) is 36.4 Å². The van der Waals surface area contributed by atoms with Gasteiger partial charge in [0.25, 0.3) is 15.9 Å². The molecule has 0 unspecified atom stereocenters. The molecule has 5 nitrogen and oxygen atoms in total. The summed E-state index contributed by atoms with van der Waals surface area (Å²) in [6, 6.07) is 7.31. The quantitative estimate of drug-likeness (QED) is 0.500. The van der Waals surface area contributed by atoms with Crippen molar-refractivity contribution in [3.8, 4) is 0 Å². The molecule has 2 aromatic rings. The third-order valence-electron chi connectivity index (χ3n) is 3.59. The third-order valence-corrected chi connectivity index (χ3v) is 5.30. The van der Waals surface area contributed by atoms with Crippen molar-refractivity contribution in [3.05, 3.63) is 71.5 Å². The predicted octanol–water partition coefficient (Wildman–Crippen LogP) is 4.47. The molecule has 0 aliphatic carbocycles. The average Bonchev–Trinajstić information content (AvgIpc) is 2.62. The molecule has 0 aliphatic rings. The van der Waals surface area contributed by atoms with Crippen LogP contribution in [0.25, 0.3) is 0 Å². The lowest BCUT2D eigenvalue weighted by molar-refractivity contribution is -0.139. The van der Waals surface area contributed by atoms with Crippen LogP contribution in [0.4, 0.5) is 23.2 Å². The molecule has 1 amide bonds. The zero-order valence-corrected chi connectivity index (χ0v) is 16.3. The van der Waals surface area contributed by atoms with Crippen molar-refractivity contribution >= 4 is 33.2 Å². The second-order valence-corrected chi connectivity index (χ2v) is 7.93.